The third-order valence-corrected chi connectivity index (χ3v) is 6.30. The predicted octanol–water partition coefficient (Wildman–Crippen LogP) is 6.37. The van der Waals surface area contributed by atoms with E-state index in [4.69, 9.17) is 4.74 Å². The van der Waals surface area contributed by atoms with Crippen LogP contribution in [0.15, 0.2) is 82.7 Å². The zero-order valence-electron chi connectivity index (χ0n) is 18.5. The van der Waals surface area contributed by atoms with E-state index in [1.165, 1.54) is 22.9 Å². The molecule has 1 fully saturated rings. The number of hydrogen-bond donors (Lipinski definition) is 0. The van der Waals surface area contributed by atoms with Crippen LogP contribution in [0.2, 0.25) is 0 Å². The lowest BCUT2D eigenvalue weighted by Gasteiger charge is -2.07. The maximum atomic E-state index is 12.7. The largest absolute Gasteiger partial charge is 0.489 e. The van der Waals surface area contributed by atoms with E-state index in [-0.39, 0.29) is 5.91 Å². The minimum atomic E-state index is -0.0429. The molecule has 1 amide bonds. The highest BCUT2D eigenvalue weighted by molar-refractivity contribution is 8.18. The van der Waals surface area contributed by atoms with Crippen molar-refractivity contribution in [3.63, 3.8) is 0 Å². The monoisotopic (exact) mass is 442 g/mol. The Labute approximate surface area is 193 Å². The van der Waals surface area contributed by atoms with Gasteiger partial charge in [-0.1, -0.05) is 61.0 Å². The lowest BCUT2D eigenvalue weighted by Crippen LogP contribution is -2.23. The molecule has 5 heteroatoms. The number of rotatable bonds is 6. The van der Waals surface area contributed by atoms with E-state index in [0.29, 0.717) is 16.7 Å². The van der Waals surface area contributed by atoms with Crippen molar-refractivity contribution < 1.29 is 9.53 Å². The maximum Gasteiger partial charge on any atom is 0.266 e. The van der Waals surface area contributed by atoms with Crippen LogP contribution in [-0.2, 0) is 17.8 Å². The summed E-state index contributed by atoms with van der Waals surface area (Å²) in [7, 11) is 1.76. The summed E-state index contributed by atoms with van der Waals surface area (Å²) in [4.78, 5) is 19.6. The molecule has 0 aliphatic carbocycles. The van der Waals surface area contributed by atoms with Crippen molar-refractivity contribution in [2.45, 2.75) is 26.9 Å². The van der Waals surface area contributed by atoms with Crippen LogP contribution < -0.4 is 4.74 Å². The van der Waals surface area contributed by atoms with E-state index < -0.39 is 0 Å². The third-order valence-electron chi connectivity index (χ3n) is 5.24. The lowest BCUT2D eigenvalue weighted by molar-refractivity contribution is -0.121. The van der Waals surface area contributed by atoms with Gasteiger partial charge in [0.1, 0.15) is 12.4 Å². The Morgan fingerprint density at radius 3 is 2.44 bits per heavy atom. The second-order valence-corrected chi connectivity index (χ2v) is 8.75. The van der Waals surface area contributed by atoms with Crippen LogP contribution in [0, 0.1) is 6.92 Å². The first-order chi connectivity index (χ1) is 15.5. The summed E-state index contributed by atoms with van der Waals surface area (Å²) >= 11 is 1.40. The SMILES string of the molecule is CCc1ccc(N=C2S/C(=C\c3ccc(OCc4cccc(C)c4)cc3)C(=O)N2C)cc1. The van der Waals surface area contributed by atoms with Gasteiger partial charge in [-0.2, -0.15) is 0 Å². The van der Waals surface area contributed by atoms with Gasteiger partial charge < -0.3 is 4.74 Å². The van der Waals surface area contributed by atoms with Crippen LogP contribution in [0.1, 0.15) is 29.2 Å². The highest BCUT2D eigenvalue weighted by Gasteiger charge is 2.30. The number of ether oxygens (including phenoxy) is 1. The average molecular weight is 443 g/mol. The van der Waals surface area contributed by atoms with Gasteiger partial charge in [0, 0.05) is 7.05 Å². The molecule has 0 aromatic heterocycles. The number of benzene rings is 3. The van der Waals surface area contributed by atoms with Crippen LogP contribution in [0.4, 0.5) is 5.69 Å². The number of amides is 1. The van der Waals surface area contributed by atoms with Crippen molar-refractivity contribution in [2.24, 2.45) is 4.99 Å². The summed E-state index contributed by atoms with van der Waals surface area (Å²) in [5.74, 6) is 0.757. The standard InChI is InChI=1S/C27H26N2O2S/c1-4-20-8-12-23(13-9-20)28-27-29(3)26(30)25(32-27)17-21-10-14-24(15-11-21)31-18-22-7-5-6-19(2)16-22/h5-17H,4,18H2,1-3H3/b25-17-,28-27?. The molecule has 1 aliphatic heterocycles. The van der Waals surface area contributed by atoms with Gasteiger partial charge in [0.05, 0.1) is 10.6 Å². The molecular weight excluding hydrogens is 416 g/mol. The smallest absolute Gasteiger partial charge is 0.266 e. The van der Waals surface area contributed by atoms with Crippen LogP contribution in [-0.4, -0.2) is 23.0 Å². The molecule has 3 aromatic rings. The van der Waals surface area contributed by atoms with Gasteiger partial charge in [0.15, 0.2) is 5.17 Å². The maximum absolute atomic E-state index is 12.7. The number of thioether (sulfide) groups is 1. The van der Waals surface area contributed by atoms with Crippen LogP contribution in [0.3, 0.4) is 0 Å². The fourth-order valence-corrected chi connectivity index (χ4v) is 4.34. The van der Waals surface area contributed by atoms with E-state index in [1.807, 2.05) is 48.5 Å². The van der Waals surface area contributed by atoms with E-state index in [1.54, 1.807) is 11.9 Å². The number of aryl methyl sites for hydroxylation is 2. The van der Waals surface area contributed by atoms with Crippen LogP contribution in [0.25, 0.3) is 6.08 Å². The molecule has 1 aliphatic rings. The Hall–Kier alpha value is -3.31. The number of likely N-dealkylation sites (N-methyl/N-ethyl adjacent to an activating group) is 1. The quantitative estimate of drug-likeness (QED) is 0.417. The predicted molar refractivity (Wildman–Crippen MR) is 133 cm³/mol. The van der Waals surface area contributed by atoms with Crippen molar-refractivity contribution in [1.82, 2.24) is 4.90 Å². The second-order valence-electron chi connectivity index (χ2n) is 7.74. The molecule has 0 radical (unpaired) electrons. The van der Waals surface area contributed by atoms with Gasteiger partial charge in [-0.05, 0) is 72.1 Å². The zero-order valence-corrected chi connectivity index (χ0v) is 19.4. The minimum absolute atomic E-state index is 0.0429. The van der Waals surface area contributed by atoms with E-state index in [0.717, 1.165) is 29.0 Å². The Morgan fingerprint density at radius 2 is 1.75 bits per heavy atom. The van der Waals surface area contributed by atoms with Gasteiger partial charge in [-0.15, -0.1) is 0 Å². The van der Waals surface area contributed by atoms with Gasteiger partial charge in [0.2, 0.25) is 0 Å². The van der Waals surface area contributed by atoms with Crippen molar-refractivity contribution in [1.29, 1.82) is 0 Å². The van der Waals surface area contributed by atoms with Gasteiger partial charge >= 0.3 is 0 Å². The summed E-state index contributed by atoms with van der Waals surface area (Å²) in [6.07, 6.45) is 2.89. The molecule has 0 saturated carbocycles. The highest BCUT2D eigenvalue weighted by atomic mass is 32.2. The molecule has 1 heterocycles. The minimum Gasteiger partial charge on any atom is -0.489 e. The zero-order chi connectivity index (χ0) is 22.5. The Balaban J connectivity index is 1.43. The number of amidine groups is 1. The summed E-state index contributed by atoms with van der Waals surface area (Å²) in [6.45, 7) is 4.73. The molecular formula is C27H26N2O2S. The molecule has 4 nitrogen and oxygen atoms in total. The molecule has 1 saturated heterocycles. The fourth-order valence-electron chi connectivity index (χ4n) is 3.35. The summed E-state index contributed by atoms with van der Waals surface area (Å²) < 4.78 is 5.89. The summed E-state index contributed by atoms with van der Waals surface area (Å²) in [5.41, 5.74) is 5.43. The molecule has 0 spiro atoms. The molecule has 0 bridgehead atoms. The van der Waals surface area contributed by atoms with Crippen molar-refractivity contribution in [2.75, 3.05) is 7.05 Å². The molecule has 0 N–H and O–H groups in total. The van der Waals surface area contributed by atoms with E-state index in [2.05, 4.69) is 49.2 Å². The fraction of sp³-hybridized carbons (Fsp3) is 0.185. The number of carbonyl (C=O) groups is 1. The average Bonchev–Trinajstić information content (AvgIpc) is 3.07. The molecule has 4 rings (SSSR count). The molecule has 32 heavy (non-hydrogen) atoms. The molecule has 0 unspecified atom stereocenters. The van der Waals surface area contributed by atoms with Gasteiger partial charge in [-0.3, -0.25) is 9.69 Å². The summed E-state index contributed by atoms with van der Waals surface area (Å²) in [5, 5.41) is 0.684. The van der Waals surface area contributed by atoms with E-state index >= 15 is 0 Å². The molecule has 3 aromatic carbocycles. The first-order valence-corrected chi connectivity index (χ1v) is 11.5. The highest BCUT2D eigenvalue weighted by Crippen LogP contribution is 2.33. The van der Waals surface area contributed by atoms with Crippen LogP contribution >= 0.6 is 11.8 Å². The number of hydrogen-bond acceptors (Lipinski definition) is 4. The lowest BCUT2D eigenvalue weighted by atomic mass is 10.1. The number of nitrogens with zero attached hydrogens (tertiary/aromatic N) is 2. The number of aliphatic imine (C=N–C) groups is 1. The number of carbonyl (C=O) groups excluding carboxylic acids is 1. The first kappa shape index (κ1) is 21.9. The Morgan fingerprint density at radius 1 is 1.00 bits per heavy atom. The topological polar surface area (TPSA) is 41.9 Å². The van der Waals surface area contributed by atoms with Crippen molar-refractivity contribution >= 4 is 34.6 Å². The third kappa shape index (κ3) is 5.29. The summed E-state index contributed by atoms with van der Waals surface area (Å²) in [6, 6.07) is 24.2. The Bertz CT molecular complexity index is 1170. The van der Waals surface area contributed by atoms with Crippen molar-refractivity contribution in [3.8, 4) is 5.75 Å². The molecule has 162 valence electrons. The van der Waals surface area contributed by atoms with Crippen LogP contribution in [0.5, 0.6) is 5.75 Å². The van der Waals surface area contributed by atoms with E-state index in [9.17, 15) is 4.79 Å². The first-order valence-electron chi connectivity index (χ1n) is 10.7. The Kier molecular flexibility index (Phi) is 6.76. The van der Waals surface area contributed by atoms with Gasteiger partial charge in [0.25, 0.3) is 5.91 Å². The van der Waals surface area contributed by atoms with Gasteiger partial charge in [-0.25, -0.2) is 4.99 Å². The van der Waals surface area contributed by atoms with Crippen molar-refractivity contribution in [3.05, 3.63) is 100.0 Å². The second kappa shape index (κ2) is 9.88. The normalized spacial score (nSPS) is 16.2. The molecule has 0 atom stereocenters.